The summed E-state index contributed by atoms with van der Waals surface area (Å²) in [6.45, 7) is 0. The Labute approximate surface area is 78.9 Å². The zero-order valence-corrected chi connectivity index (χ0v) is 7.12. The molecule has 0 saturated carbocycles. The zero-order chi connectivity index (χ0) is 10.0. The minimum Gasteiger partial charge on any atom is -0.423 e. The van der Waals surface area contributed by atoms with Crippen molar-refractivity contribution < 1.29 is 19.2 Å². The highest BCUT2D eigenvalue weighted by Crippen LogP contribution is 2.11. The second-order valence-corrected chi connectivity index (χ2v) is 2.76. The van der Waals surface area contributed by atoms with Crippen molar-refractivity contribution in [2.45, 2.75) is 0 Å². The molecule has 2 N–H and O–H groups in total. The summed E-state index contributed by atoms with van der Waals surface area (Å²) in [5, 5.41) is 17.5. The van der Waals surface area contributed by atoms with E-state index in [1.165, 1.54) is 0 Å². The van der Waals surface area contributed by atoms with E-state index in [4.69, 9.17) is 21.6 Å². The predicted octanol–water partition coefficient (Wildman–Crippen LogP) is -0.0286. The van der Waals surface area contributed by atoms with E-state index in [1.54, 1.807) is 0 Å². The van der Waals surface area contributed by atoms with Crippen molar-refractivity contribution in [1.82, 2.24) is 0 Å². The van der Waals surface area contributed by atoms with Crippen molar-refractivity contribution >= 4 is 30.5 Å². The summed E-state index contributed by atoms with van der Waals surface area (Å²) in [6, 6.07) is 2.14. The SMILES string of the molecule is O=Cc1c(F)ccc(Cl)c1B(O)O. The number of benzene rings is 1. The third-order valence-corrected chi connectivity index (χ3v) is 1.89. The lowest BCUT2D eigenvalue weighted by Crippen LogP contribution is -2.34. The Kier molecular flexibility index (Phi) is 3.03. The van der Waals surface area contributed by atoms with Crippen LogP contribution >= 0.6 is 11.6 Å². The van der Waals surface area contributed by atoms with Crippen LogP contribution in [0.15, 0.2) is 12.1 Å². The molecule has 0 unspecified atom stereocenters. The summed E-state index contributed by atoms with van der Waals surface area (Å²) < 4.78 is 12.9. The maximum atomic E-state index is 12.9. The molecule has 68 valence electrons. The summed E-state index contributed by atoms with van der Waals surface area (Å²) in [5.41, 5.74) is -0.737. The van der Waals surface area contributed by atoms with Crippen molar-refractivity contribution in [3.05, 3.63) is 28.5 Å². The third kappa shape index (κ3) is 1.88. The summed E-state index contributed by atoms with van der Waals surface area (Å²) >= 11 is 5.53. The lowest BCUT2D eigenvalue weighted by atomic mass is 9.77. The maximum Gasteiger partial charge on any atom is 0.490 e. The Bertz CT molecular complexity index is 343. The molecule has 0 aliphatic carbocycles. The van der Waals surface area contributed by atoms with Crippen LogP contribution < -0.4 is 5.46 Å². The highest BCUT2D eigenvalue weighted by molar-refractivity contribution is 6.64. The van der Waals surface area contributed by atoms with E-state index in [-0.39, 0.29) is 16.8 Å². The Hall–Kier alpha value is -0.905. The van der Waals surface area contributed by atoms with Gasteiger partial charge in [0.15, 0.2) is 6.29 Å². The maximum absolute atomic E-state index is 12.9. The molecule has 0 heterocycles. The first kappa shape index (κ1) is 10.2. The fourth-order valence-electron chi connectivity index (χ4n) is 0.965. The van der Waals surface area contributed by atoms with Crippen LogP contribution in [0.3, 0.4) is 0 Å². The van der Waals surface area contributed by atoms with Gasteiger partial charge >= 0.3 is 7.12 Å². The predicted molar refractivity (Wildman–Crippen MR) is 46.6 cm³/mol. The molecule has 0 aliphatic heterocycles. The highest BCUT2D eigenvalue weighted by atomic mass is 35.5. The molecule has 0 fully saturated rings. The van der Waals surface area contributed by atoms with Gasteiger partial charge in [0.05, 0.1) is 5.56 Å². The fraction of sp³-hybridized carbons (Fsp3) is 0. The van der Waals surface area contributed by atoms with Gasteiger partial charge in [-0.1, -0.05) is 11.6 Å². The van der Waals surface area contributed by atoms with Crippen LogP contribution in [0.1, 0.15) is 10.4 Å². The Balaban J connectivity index is 3.43. The van der Waals surface area contributed by atoms with Gasteiger partial charge in [0.1, 0.15) is 5.82 Å². The molecule has 0 radical (unpaired) electrons. The molecular formula is C7H5BClFO3. The lowest BCUT2D eigenvalue weighted by Gasteiger charge is -2.06. The molecular weight excluding hydrogens is 197 g/mol. The van der Waals surface area contributed by atoms with Gasteiger partial charge < -0.3 is 10.0 Å². The largest absolute Gasteiger partial charge is 0.490 e. The molecule has 0 aliphatic rings. The Morgan fingerprint density at radius 1 is 1.46 bits per heavy atom. The van der Waals surface area contributed by atoms with E-state index in [9.17, 15) is 9.18 Å². The fourth-order valence-corrected chi connectivity index (χ4v) is 1.23. The molecule has 0 aromatic heterocycles. The molecule has 0 spiro atoms. The van der Waals surface area contributed by atoms with Crippen LogP contribution in [0.25, 0.3) is 0 Å². The lowest BCUT2D eigenvalue weighted by molar-refractivity contribution is 0.112. The third-order valence-electron chi connectivity index (χ3n) is 1.56. The first-order chi connectivity index (χ1) is 6.07. The standard InChI is InChI=1S/C7H5BClFO3/c9-5-1-2-6(10)4(3-11)7(5)8(12)13/h1-3,12-13H. The van der Waals surface area contributed by atoms with Gasteiger partial charge in [-0.2, -0.15) is 0 Å². The number of halogens is 2. The van der Waals surface area contributed by atoms with E-state index >= 15 is 0 Å². The molecule has 0 saturated heterocycles. The van der Waals surface area contributed by atoms with Crippen LogP contribution in [-0.4, -0.2) is 23.5 Å². The molecule has 0 bridgehead atoms. The smallest absolute Gasteiger partial charge is 0.423 e. The molecule has 3 nitrogen and oxygen atoms in total. The molecule has 6 heteroatoms. The van der Waals surface area contributed by atoms with E-state index in [1.807, 2.05) is 0 Å². The average molecular weight is 202 g/mol. The van der Waals surface area contributed by atoms with Crippen molar-refractivity contribution in [3.63, 3.8) is 0 Å². The van der Waals surface area contributed by atoms with Gasteiger partial charge in [0.25, 0.3) is 0 Å². The van der Waals surface area contributed by atoms with E-state index in [0.29, 0.717) is 0 Å². The van der Waals surface area contributed by atoms with Crippen molar-refractivity contribution in [3.8, 4) is 0 Å². The number of carbonyl (C=O) groups excluding carboxylic acids is 1. The van der Waals surface area contributed by atoms with Gasteiger partial charge in [-0.15, -0.1) is 0 Å². The van der Waals surface area contributed by atoms with Gasteiger partial charge in [0, 0.05) is 10.5 Å². The average Bonchev–Trinajstić information content (AvgIpc) is 2.07. The second kappa shape index (κ2) is 3.87. The summed E-state index contributed by atoms with van der Waals surface area (Å²) in [4.78, 5) is 10.4. The van der Waals surface area contributed by atoms with Gasteiger partial charge in [-0.05, 0) is 12.1 Å². The Morgan fingerprint density at radius 2 is 2.08 bits per heavy atom. The van der Waals surface area contributed by atoms with Crippen molar-refractivity contribution in [1.29, 1.82) is 0 Å². The molecule has 1 aromatic rings. The number of hydrogen-bond acceptors (Lipinski definition) is 3. The van der Waals surface area contributed by atoms with Crippen LogP contribution in [0, 0.1) is 5.82 Å². The van der Waals surface area contributed by atoms with Crippen LogP contribution in [0.5, 0.6) is 0 Å². The minimum atomic E-state index is -1.96. The molecule has 13 heavy (non-hydrogen) atoms. The minimum absolute atomic E-state index is 0.0569. The number of carbonyl (C=O) groups is 1. The highest BCUT2D eigenvalue weighted by Gasteiger charge is 2.22. The van der Waals surface area contributed by atoms with Crippen LogP contribution in [-0.2, 0) is 0 Å². The van der Waals surface area contributed by atoms with Gasteiger partial charge in [-0.25, -0.2) is 4.39 Å². The van der Waals surface area contributed by atoms with Crippen molar-refractivity contribution in [2.75, 3.05) is 0 Å². The molecule has 1 aromatic carbocycles. The quantitative estimate of drug-likeness (QED) is 0.523. The Morgan fingerprint density at radius 3 is 2.46 bits per heavy atom. The number of aldehydes is 1. The first-order valence-corrected chi connectivity index (χ1v) is 3.75. The number of rotatable bonds is 2. The summed E-state index contributed by atoms with van der Waals surface area (Å²) in [7, 11) is -1.96. The zero-order valence-electron chi connectivity index (χ0n) is 6.37. The molecule has 0 atom stereocenters. The molecule has 0 amide bonds. The molecule has 1 rings (SSSR count). The summed E-state index contributed by atoms with van der Waals surface area (Å²) in [5.74, 6) is -0.831. The topological polar surface area (TPSA) is 57.5 Å². The van der Waals surface area contributed by atoms with Gasteiger partial charge in [0.2, 0.25) is 0 Å². The van der Waals surface area contributed by atoms with E-state index in [2.05, 4.69) is 0 Å². The second-order valence-electron chi connectivity index (χ2n) is 2.35. The monoisotopic (exact) mass is 202 g/mol. The van der Waals surface area contributed by atoms with Crippen LogP contribution in [0.2, 0.25) is 5.02 Å². The van der Waals surface area contributed by atoms with E-state index < -0.39 is 18.5 Å². The first-order valence-electron chi connectivity index (χ1n) is 3.37. The van der Waals surface area contributed by atoms with Crippen molar-refractivity contribution in [2.24, 2.45) is 0 Å². The van der Waals surface area contributed by atoms with Gasteiger partial charge in [-0.3, -0.25) is 4.79 Å². The summed E-state index contributed by atoms with van der Waals surface area (Å²) in [6.07, 6.45) is 0.190. The number of hydrogen-bond donors (Lipinski definition) is 2. The van der Waals surface area contributed by atoms with E-state index in [0.717, 1.165) is 12.1 Å². The van der Waals surface area contributed by atoms with Crippen LogP contribution in [0.4, 0.5) is 4.39 Å². The normalized spacial score (nSPS) is 9.85.